The zero-order valence-electron chi connectivity index (χ0n) is 19.8. The zero-order valence-corrected chi connectivity index (χ0v) is 19.8. The van der Waals surface area contributed by atoms with Gasteiger partial charge in [-0.05, 0) is 58.4 Å². The lowest BCUT2D eigenvalue weighted by molar-refractivity contribution is -0.137. The number of carbonyl (C=O) groups is 3. The third-order valence-electron chi connectivity index (χ3n) is 6.36. The van der Waals surface area contributed by atoms with E-state index in [1.165, 1.54) is 6.07 Å². The molecular weight excluding hydrogens is 435 g/mol. The summed E-state index contributed by atoms with van der Waals surface area (Å²) in [5, 5.41) is 5.23. The van der Waals surface area contributed by atoms with Crippen LogP contribution in [0.15, 0.2) is 24.3 Å². The van der Waals surface area contributed by atoms with E-state index in [4.69, 9.17) is 0 Å². The molecule has 1 aromatic rings. The van der Waals surface area contributed by atoms with Crippen LogP contribution in [0.3, 0.4) is 0 Å². The van der Waals surface area contributed by atoms with Gasteiger partial charge >= 0.3 is 6.18 Å². The molecule has 0 heterocycles. The molecule has 0 aliphatic heterocycles. The number of nitrogens with one attached hydrogen (secondary N) is 2. The molecule has 1 aromatic carbocycles. The number of alkyl halides is 3. The van der Waals surface area contributed by atoms with Crippen molar-refractivity contribution in [2.24, 2.45) is 11.8 Å². The Balaban J connectivity index is 2.00. The van der Waals surface area contributed by atoms with Gasteiger partial charge in [0.05, 0.1) is 12.1 Å². The van der Waals surface area contributed by atoms with Crippen LogP contribution in [0.4, 0.5) is 13.2 Å². The van der Waals surface area contributed by atoms with Crippen LogP contribution in [0.2, 0.25) is 0 Å². The number of carbonyl (C=O) groups excluding carboxylic acids is 3. The molecule has 3 atom stereocenters. The normalized spacial score (nSPS) is 21.4. The van der Waals surface area contributed by atoms with Crippen LogP contribution in [0.1, 0.15) is 62.9 Å². The van der Waals surface area contributed by atoms with E-state index < -0.39 is 23.6 Å². The van der Waals surface area contributed by atoms with Gasteiger partial charge in [-0.2, -0.15) is 13.2 Å². The van der Waals surface area contributed by atoms with E-state index in [0.29, 0.717) is 18.9 Å². The molecule has 1 aliphatic carbocycles. The first-order valence-electron chi connectivity index (χ1n) is 11.3. The van der Waals surface area contributed by atoms with E-state index >= 15 is 0 Å². The summed E-state index contributed by atoms with van der Waals surface area (Å²) in [7, 11) is 2.04. The predicted octanol–water partition coefficient (Wildman–Crippen LogP) is 3.65. The molecule has 0 unspecified atom stereocenters. The summed E-state index contributed by atoms with van der Waals surface area (Å²) in [6.07, 6.45) is -2.45. The van der Waals surface area contributed by atoms with Crippen LogP contribution >= 0.6 is 0 Å². The number of hydrogen-bond donors (Lipinski definition) is 2. The average Bonchev–Trinajstić information content (AvgIpc) is 2.76. The van der Waals surface area contributed by atoms with Crippen molar-refractivity contribution in [3.8, 4) is 0 Å². The minimum absolute atomic E-state index is 0.0927. The van der Waals surface area contributed by atoms with E-state index in [9.17, 15) is 27.6 Å². The molecule has 1 aliphatic rings. The Kier molecular flexibility index (Phi) is 9.05. The fraction of sp³-hybridized carbons (Fsp3) is 0.625. The summed E-state index contributed by atoms with van der Waals surface area (Å²) in [6.45, 7) is 7.49. The molecule has 0 bridgehead atoms. The number of amides is 2. The number of benzene rings is 1. The van der Waals surface area contributed by atoms with E-state index in [1.54, 1.807) is 0 Å². The third-order valence-corrected chi connectivity index (χ3v) is 6.36. The average molecular weight is 470 g/mol. The van der Waals surface area contributed by atoms with Gasteiger partial charge in [0.25, 0.3) is 5.91 Å². The van der Waals surface area contributed by atoms with Crippen molar-refractivity contribution < 1.29 is 27.6 Å². The fourth-order valence-corrected chi connectivity index (χ4v) is 4.21. The number of halogens is 3. The van der Waals surface area contributed by atoms with E-state index in [-0.39, 0.29) is 41.8 Å². The lowest BCUT2D eigenvalue weighted by Crippen LogP contribution is -2.53. The van der Waals surface area contributed by atoms with Crippen molar-refractivity contribution in [1.29, 1.82) is 0 Å². The standard InChI is InChI=1S/C24H34F3N3O3/c1-14(2)22(32)19-12-18(30(5)15(3)4)9-10-20(19)29-21(31)13-28-23(33)16-7-6-8-17(11-16)24(25,26)27/h6-8,11,14-15,18-20H,9-10,12-13H2,1-5H3,(H,28,33)(H,29,31)/t18-,19-,20-/m1/s1. The summed E-state index contributed by atoms with van der Waals surface area (Å²) in [5.74, 6) is -1.65. The second kappa shape index (κ2) is 11.1. The number of rotatable bonds is 8. The van der Waals surface area contributed by atoms with Crippen molar-refractivity contribution in [1.82, 2.24) is 15.5 Å². The first kappa shape index (κ1) is 26.8. The van der Waals surface area contributed by atoms with Gasteiger partial charge in [0, 0.05) is 35.5 Å². The molecule has 0 saturated heterocycles. The van der Waals surface area contributed by atoms with Crippen molar-refractivity contribution in [3.63, 3.8) is 0 Å². The van der Waals surface area contributed by atoms with Crippen molar-refractivity contribution in [2.75, 3.05) is 13.6 Å². The van der Waals surface area contributed by atoms with Crippen LogP contribution in [0, 0.1) is 11.8 Å². The molecule has 0 spiro atoms. The fourth-order valence-electron chi connectivity index (χ4n) is 4.21. The number of nitrogens with zero attached hydrogens (tertiary/aromatic N) is 1. The number of ketones is 1. The highest BCUT2D eigenvalue weighted by atomic mass is 19.4. The maximum atomic E-state index is 12.9. The van der Waals surface area contributed by atoms with Gasteiger partial charge in [-0.25, -0.2) is 0 Å². The summed E-state index contributed by atoms with van der Waals surface area (Å²) in [5.41, 5.74) is -1.11. The molecule has 0 aromatic heterocycles. The van der Waals surface area contributed by atoms with Gasteiger partial charge in [-0.15, -0.1) is 0 Å². The summed E-state index contributed by atoms with van der Waals surface area (Å²) in [6, 6.07) is 4.27. The van der Waals surface area contributed by atoms with Crippen molar-refractivity contribution in [3.05, 3.63) is 35.4 Å². The lowest BCUT2D eigenvalue weighted by atomic mass is 9.76. The molecule has 2 N–H and O–H groups in total. The SMILES string of the molecule is CC(C)C(=O)[C@@H]1C[C@H](N(C)C(C)C)CC[C@H]1NC(=O)CNC(=O)c1cccc(C(F)(F)F)c1. The highest BCUT2D eigenvalue weighted by molar-refractivity contribution is 5.96. The monoisotopic (exact) mass is 469 g/mol. The van der Waals surface area contributed by atoms with E-state index in [2.05, 4.69) is 29.4 Å². The van der Waals surface area contributed by atoms with Crippen molar-refractivity contribution >= 4 is 17.6 Å². The Labute approximate surface area is 193 Å². The molecule has 0 radical (unpaired) electrons. The van der Waals surface area contributed by atoms with Gasteiger partial charge in [-0.1, -0.05) is 19.9 Å². The molecule has 2 amide bonds. The van der Waals surface area contributed by atoms with Gasteiger partial charge in [0.1, 0.15) is 5.78 Å². The Morgan fingerprint density at radius 2 is 1.79 bits per heavy atom. The summed E-state index contributed by atoms with van der Waals surface area (Å²) >= 11 is 0. The highest BCUT2D eigenvalue weighted by Gasteiger charge is 2.38. The van der Waals surface area contributed by atoms with Gasteiger partial charge in [0.2, 0.25) is 5.91 Å². The molecule has 6 nitrogen and oxygen atoms in total. The first-order chi connectivity index (χ1) is 15.3. The minimum atomic E-state index is -4.56. The maximum absolute atomic E-state index is 12.9. The van der Waals surface area contributed by atoms with Gasteiger partial charge in [0.15, 0.2) is 0 Å². The highest BCUT2D eigenvalue weighted by Crippen LogP contribution is 2.31. The Hall–Kier alpha value is -2.42. The molecule has 1 saturated carbocycles. The molecule has 1 fully saturated rings. The predicted molar refractivity (Wildman–Crippen MR) is 120 cm³/mol. The van der Waals surface area contributed by atoms with Crippen LogP contribution in [-0.2, 0) is 15.8 Å². The summed E-state index contributed by atoms with van der Waals surface area (Å²) < 4.78 is 38.6. The third kappa shape index (κ3) is 7.28. The Morgan fingerprint density at radius 1 is 1.12 bits per heavy atom. The number of Topliss-reactive ketones (excluding diaryl/α,β-unsaturated/α-hetero) is 1. The molecule has 9 heteroatoms. The first-order valence-corrected chi connectivity index (χ1v) is 11.3. The lowest BCUT2D eigenvalue weighted by Gasteiger charge is -2.41. The smallest absolute Gasteiger partial charge is 0.351 e. The Morgan fingerprint density at radius 3 is 2.36 bits per heavy atom. The van der Waals surface area contributed by atoms with E-state index in [0.717, 1.165) is 24.6 Å². The quantitative estimate of drug-likeness (QED) is 0.609. The molecule has 33 heavy (non-hydrogen) atoms. The molecule has 2 rings (SSSR count). The largest absolute Gasteiger partial charge is 0.416 e. The van der Waals surface area contributed by atoms with Crippen LogP contribution in [-0.4, -0.2) is 54.2 Å². The summed E-state index contributed by atoms with van der Waals surface area (Å²) in [4.78, 5) is 39.9. The Bertz CT molecular complexity index is 855. The second-order valence-electron chi connectivity index (χ2n) is 9.32. The zero-order chi connectivity index (χ0) is 24.9. The number of hydrogen-bond acceptors (Lipinski definition) is 4. The van der Waals surface area contributed by atoms with Crippen LogP contribution < -0.4 is 10.6 Å². The maximum Gasteiger partial charge on any atom is 0.416 e. The molecule has 184 valence electrons. The topological polar surface area (TPSA) is 78.5 Å². The van der Waals surface area contributed by atoms with Gasteiger partial charge < -0.3 is 15.5 Å². The minimum Gasteiger partial charge on any atom is -0.351 e. The van der Waals surface area contributed by atoms with Crippen molar-refractivity contribution in [2.45, 2.75) is 71.3 Å². The van der Waals surface area contributed by atoms with Crippen LogP contribution in [0.25, 0.3) is 0 Å². The van der Waals surface area contributed by atoms with Gasteiger partial charge in [-0.3, -0.25) is 14.4 Å². The van der Waals surface area contributed by atoms with E-state index in [1.807, 2.05) is 20.9 Å². The molecular formula is C24H34F3N3O3. The van der Waals surface area contributed by atoms with Crippen LogP contribution in [0.5, 0.6) is 0 Å². The second-order valence-corrected chi connectivity index (χ2v) is 9.32.